The predicted molar refractivity (Wildman–Crippen MR) is 136 cm³/mol. The molecule has 0 atom stereocenters. The summed E-state index contributed by atoms with van der Waals surface area (Å²) in [6.07, 6.45) is 9.72. The van der Waals surface area contributed by atoms with Gasteiger partial charge in [-0.3, -0.25) is 0 Å². The van der Waals surface area contributed by atoms with Crippen LogP contribution in [0.4, 0.5) is 0 Å². The molecule has 4 saturated carbocycles. The summed E-state index contributed by atoms with van der Waals surface area (Å²) in [5.74, 6) is 4.55. The number of imidazole rings is 1. The summed E-state index contributed by atoms with van der Waals surface area (Å²) >= 11 is 0.274. The fourth-order valence-electron chi connectivity index (χ4n) is 7.04. The van der Waals surface area contributed by atoms with Gasteiger partial charge in [-0.15, -0.1) is 0 Å². The van der Waals surface area contributed by atoms with Gasteiger partial charge in [0.15, 0.2) is 0 Å². The van der Waals surface area contributed by atoms with Crippen molar-refractivity contribution >= 4 is 19.5 Å². The zero-order valence-electron chi connectivity index (χ0n) is 19.2. The molecule has 4 nitrogen and oxygen atoms in total. The molecule has 6 aliphatic rings. The molecule has 0 radical (unpaired) electrons. The second kappa shape index (κ2) is 8.25. The van der Waals surface area contributed by atoms with Crippen molar-refractivity contribution in [3.63, 3.8) is 0 Å². The summed E-state index contributed by atoms with van der Waals surface area (Å²) in [6.45, 7) is 0. The molecule has 2 heterocycles. The molecule has 0 amide bonds. The van der Waals surface area contributed by atoms with Crippen LogP contribution in [0.5, 0.6) is 0 Å². The molecule has 172 valence electrons. The van der Waals surface area contributed by atoms with Crippen molar-refractivity contribution in [3.05, 3.63) is 88.5 Å². The molecule has 1 N–H and O–H groups in total. The van der Waals surface area contributed by atoms with Crippen molar-refractivity contribution in [2.24, 2.45) is 23.7 Å². The summed E-state index contributed by atoms with van der Waals surface area (Å²) in [5.41, 5.74) is 3.92. The standard InChI is InChI=1S/C29H29N3OSe/c33-29-24(16-18-7-3-1-4-8-18)30-27-28(31-25(17-32(27)29)21-9-5-2-6-10-21)34-26-22-12-19-11-20(14-22)15-23(26)13-19/h1-10,17,19-20,22-23,26,31H,11-16H2. The van der Waals surface area contributed by atoms with Gasteiger partial charge in [-0.25, -0.2) is 0 Å². The van der Waals surface area contributed by atoms with Gasteiger partial charge in [0.25, 0.3) is 0 Å². The minimum absolute atomic E-state index is 0.0205. The van der Waals surface area contributed by atoms with Crippen LogP contribution in [-0.2, 0) is 6.42 Å². The molecule has 0 saturated heterocycles. The minimum atomic E-state index is 0.0205. The maximum atomic E-state index is 13.5. The normalized spacial score (nSPS) is 27.5. The first-order chi connectivity index (χ1) is 16.7. The Labute approximate surface area is 206 Å². The second-order valence-corrected chi connectivity index (χ2v) is 13.1. The third-order valence-corrected chi connectivity index (χ3v) is 11.6. The van der Waals surface area contributed by atoms with Crippen molar-refractivity contribution < 1.29 is 0 Å². The quantitative estimate of drug-likeness (QED) is 0.388. The van der Waals surface area contributed by atoms with E-state index >= 15 is 0 Å². The van der Waals surface area contributed by atoms with E-state index in [9.17, 15) is 4.79 Å². The Morgan fingerprint density at radius 1 is 0.882 bits per heavy atom. The Kier molecular flexibility index (Phi) is 5.03. The molecule has 4 aliphatic carbocycles. The Hall–Kier alpha value is -2.62. The summed E-state index contributed by atoms with van der Waals surface area (Å²) in [4.78, 5) is 23.0. The first kappa shape index (κ1) is 20.7. The van der Waals surface area contributed by atoms with E-state index in [-0.39, 0.29) is 20.5 Å². The molecule has 8 rings (SSSR count). The van der Waals surface area contributed by atoms with E-state index in [4.69, 9.17) is 4.98 Å². The van der Waals surface area contributed by atoms with Crippen molar-refractivity contribution in [1.82, 2.24) is 14.5 Å². The van der Waals surface area contributed by atoms with Gasteiger partial charge in [0.05, 0.1) is 0 Å². The van der Waals surface area contributed by atoms with Gasteiger partial charge < -0.3 is 0 Å². The van der Waals surface area contributed by atoms with Crippen LogP contribution in [-0.4, -0.2) is 29.5 Å². The van der Waals surface area contributed by atoms with E-state index in [1.165, 1.54) is 36.7 Å². The fraction of sp³-hybridized carbons (Fsp3) is 0.379. The Bertz CT molecular complexity index is 1310. The van der Waals surface area contributed by atoms with E-state index in [1.807, 2.05) is 35.0 Å². The SMILES string of the molecule is O=c1c(Cc2ccccc2)nc2c([Se]C3C4CC5CC(C4)CC3C5)[nH]c(-c3ccccc3)cn1-2. The molecular weight excluding hydrogens is 485 g/mol. The van der Waals surface area contributed by atoms with Gasteiger partial charge in [-0.05, 0) is 0 Å². The van der Waals surface area contributed by atoms with Crippen molar-refractivity contribution in [2.75, 3.05) is 0 Å². The summed E-state index contributed by atoms with van der Waals surface area (Å²) in [7, 11) is 0. The topological polar surface area (TPSA) is 50.7 Å². The number of aromatic nitrogens is 3. The average Bonchev–Trinajstić information content (AvgIpc) is 3.17. The van der Waals surface area contributed by atoms with Crippen LogP contribution in [0.2, 0.25) is 4.82 Å². The Morgan fingerprint density at radius 2 is 1.53 bits per heavy atom. The van der Waals surface area contributed by atoms with Crippen molar-refractivity contribution in [1.29, 1.82) is 0 Å². The molecule has 2 aromatic carbocycles. The number of hydrogen-bond donors (Lipinski definition) is 1. The Balaban J connectivity index is 1.31. The summed E-state index contributed by atoms with van der Waals surface area (Å²) < 4.78 is 3.02. The van der Waals surface area contributed by atoms with E-state index in [1.54, 1.807) is 0 Å². The maximum absolute atomic E-state index is 13.5. The molecule has 0 spiro atoms. The molecule has 4 bridgehead atoms. The van der Waals surface area contributed by atoms with E-state index in [0.717, 1.165) is 51.1 Å². The van der Waals surface area contributed by atoms with Gasteiger partial charge in [-0.2, -0.15) is 0 Å². The number of benzene rings is 2. The zero-order valence-corrected chi connectivity index (χ0v) is 20.9. The molecule has 2 aromatic rings. The van der Waals surface area contributed by atoms with Crippen LogP contribution in [0.15, 0.2) is 71.7 Å². The number of aromatic amines is 1. The van der Waals surface area contributed by atoms with Gasteiger partial charge in [0, 0.05) is 0 Å². The van der Waals surface area contributed by atoms with E-state index in [2.05, 4.69) is 41.4 Å². The number of rotatable bonds is 5. The molecule has 34 heavy (non-hydrogen) atoms. The van der Waals surface area contributed by atoms with E-state index < -0.39 is 0 Å². The molecule has 2 aliphatic heterocycles. The number of H-pyrrole nitrogens is 1. The van der Waals surface area contributed by atoms with Gasteiger partial charge in [0.1, 0.15) is 0 Å². The number of fused-ring (bicyclic) bond motifs is 1. The molecule has 4 fully saturated rings. The molecule has 0 aromatic heterocycles. The van der Waals surface area contributed by atoms with Crippen LogP contribution in [0, 0.1) is 23.7 Å². The van der Waals surface area contributed by atoms with Crippen LogP contribution in [0.3, 0.4) is 0 Å². The third-order valence-electron chi connectivity index (χ3n) is 8.34. The monoisotopic (exact) mass is 515 g/mol. The molecule has 0 unspecified atom stereocenters. The average molecular weight is 515 g/mol. The van der Waals surface area contributed by atoms with Gasteiger partial charge in [-0.1, -0.05) is 0 Å². The van der Waals surface area contributed by atoms with E-state index in [0.29, 0.717) is 12.1 Å². The second-order valence-electron chi connectivity index (χ2n) is 10.6. The van der Waals surface area contributed by atoms with Crippen LogP contribution in [0.25, 0.3) is 17.1 Å². The summed E-state index contributed by atoms with van der Waals surface area (Å²) in [6, 6.07) is 20.6. The summed E-state index contributed by atoms with van der Waals surface area (Å²) in [5, 5.41) is 0. The van der Waals surface area contributed by atoms with Crippen molar-refractivity contribution in [2.45, 2.75) is 43.3 Å². The Morgan fingerprint density at radius 3 is 2.21 bits per heavy atom. The molecule has 5 heteroatoms. The van der Waals surface area contributed by atoms with Gasteiger partial charge in [0.2, 0.25) is 0 Å². The van der Waals surface area contributed by atoms with Gasteiger partial charge >= 0.3 is 207 Å². The number of nitrogens with zero attached hydrogens (tertiary/aromatic N) is 2. The van der Waals surface area contributed by atoms with Crippen molar-refractivity contribution in [3.8, 4) is 17.1 Å². The van der Waals surface area contributed by atoms with Crippen LogP contribution >= 0.6 is 0 Å². The number of nitrogens with one attached hydrogen (secondary N) is 1. The zero-order chi connectivity index (χ0) is 22.6. The third kappa shape index (κ3) is 3.57. The fourth-order valence-corrected chi connectivity index (χ4v) is 10.2. The van der Waals surface area contributed by atoms with Crippen LogP contribution < -0.4 is 10.2 Å². The van der Waals surface area contributed by atoms with Crippen LogP contribution in [0.1, 0.15) is 43.4 Å². The predicted octanol–water partition coefficient (Wildman–Crippen LogP) is 4.83. The first-order valence-electron chi connectivity index (χ1n) is 12.6. The number of hydrogen-bond acceptors (Lipinski definition) is 2. The first-order valence-corrected chi connectivity index (χ1v) is 14.5. The molecular formula is C29H29N3OSe.